The zero-order chi connectivity index (χ0) is 19.4. The van der Waals surface area contributed by atoms with Gasteiger partial charge in [0, 0.05) is 16.5 Å². The fourth-order valence-electron chi connectivity index (χ4n) is 3.98. The molecule has 6 rings (SSSR count). The van der Waals surface area contributed by atoms with Crippen molar-refractivity contribution in [1.29, 1.82) is 0 Å². The smallest absolute Gasteiger partial charge is 0.182 e. The van der Waals surface area contributed by atoms with Gasteiger partial charge in [-0.1, -0.05) is 60.7 Å². The molecule has 0 amide bonds. The van der Waals surface area contributed by atoms with Crippen LogP contribution in [0.2, 0.25) is 0 Å². The Kier molecular flexibility index (Phi) is 3.61. The van der Waals surface area contributed by atoms with Crippen LogP contribution in [0.25, 0.3) is 49.8 Å². The Morgan fingerprint density at radius 1 is 0.690 bits per heavy atom. The fourth-order valence-corrected chi connectivity index (χ4v) is 4.55. The van der Waals surface area contributed by atoms with Gasteiger partial charge >= 0.3 is 0 Å². The van der Waals surface area contributed by atoms with Gasteiger partial charge in [-0.15, -0.1) is 0 Å². The Hall–Kier alpha value is -3.37. The zero-order valence-corrected chi connectivity index (χ0v) is 16.9. The molecule has 138 valence electrons. The van der Waals surface area contributed by atoms with Gasteiger partial charge in [-0.2, -0.15) is 0 Å². The number of halogens is 1. The van der Waals surface area contributed by atoms with Crippen molar-refractivity contribution in [3.05, 3.63) is 95.7 Å². The maximum atomic E-state index is 6.25. The fraction of sp³-hybridized carbons (Fsp3) is 0. The molecule has 0 saturated heterocycles. The van der Waals surface area contributed by atoms with E-state index in [9.17, 15) is 0 Å². The second kappa shape index (κ2) is 6.33. The number of para-hydroxylation sites is 1. The van der Waals surface area contributed by atoms with Gasteiger partial charge in [-0.3, -0.25) is 4.57 Å². The molecule has 0 fully saturated rings. The van der Waals surface area contributed by atoms with Crippen LogP contribution in [0.5, 0.6) is 0 Å². The summed E-state index contributed by atoms with van der Waals surface area (Å²) in [6.45, 7) is 0. The van der Waals surface area contributed by atoms with Gasteiger partial charge in [0.25, 0.3) is 0 Å². The van der Waals surface area contributed by atoms with E-state index in [4.69, 9.17) is 9.40 Å². The summed E-state index contributed by atoms with van der Waals surface area (Å²) in [6, 6.07) is 31.2. The van der Waals surface area contributed by atoms with Crippen LogP contribution < -0.4 is 0 Å². The molecule has 0 aliphatic carbocycles. The van der Waals surface area contributed by atoms with E-state index in [0.29, 0.717) is 0 Å². The minimum absolute atomic E-state index is 0.757. The minimum atomic E-state index is 0.757. The molecule has 4 heteroatoms. The Morgan fingerprint density at radius 3 is 2.24 bits per heavy atom. The zero-order valence-electron chi connectivity index (χ0n) is 15.3. The van der Waals surface area contributed by atoms with Gasteiger partial charge in [0.2, 0.25) is 0 Å². The minimum Gasteiger partial charge on any atom is -0.454 e. The lowest BCUT2D eigenvalue weighted by Crippen LogP contribution is -1.94. The average molecular weight is 439 g/mol. The molecule has 6 aromatic rings. The summed E-state index contributed by atoms with van der Waals surface area (Å²) in [7, 11) is 0. The van der Waals surface area contributed by atoms with Crippen LogP contribution in [0.1, 0.15) is 0 Å². The van der Waals surface area contributed by atoms with Crippen molar-refractivity contribution in [1.82, 2.24) is 9.55 Å². The molecule has 0 atom stereocenters. The molecule has 0 aliphatic rings. The average Bonchev–Trinajstić information content (AvgIpc) is 3.31. The first-order valence-electron chi connectivity index (χ1n) is 9.44. The molecule has 0 spiro atoms. The first-order chi connectivity index (χ1) is 14.3. The van der Waals surface area contributed by atoms with Crippen molar-refractivity contribution in [3.8, 4) is 16.8 Å². The topological polar surface area (TPSA) is 31.0 Å². The maximum Gasteiger partial charge on any atom is 0.182 e. The largest absolute Gasteiger partial charge is 0.454 e. The van der Waals surface area contributed by atoms with E-state index in [1.807, 2.05) is 24.3 Å². The van der Waals surface area contributed by atoms with Crippen molar-refractivity contribution in [2.24, 2.45) is 0 Å². The lowest BCUT2D eigenvalue weighted by molar-refractivity contribution is 0.671. The van der Waals surface area contributed by atoms with Crippen molar-refractivity contribution in [3.63, 3.8) is 0 Å². The van der Waals surface area contributed by atoms with Crippen LogP contribution in [-0.2, 0) is 0 Å². The van der Waals surface area contributed by atoms with Gasteiger partial charge in [0.05, 0.1) is 5.52 Å². The SMILES string of the molecule is Brc1nc2ccc3c4ccccc4oc3c2n1-c1ccc(-c2ccccc2)cc1. The highest BCUT2D eigenvalue weighted by Gasteiger charge is 2.18. The quantitative estimate of drug-likeness (QED) is 0.282. The van der Waals surface area contributed by atoms with Gasteiger partial charge in [-0.25, -0.2) is 4.98 Å². The lowest BCUT2D eigenvalue weighted by Gasteiger charge is -2.08. The van der Waals surface area contributed by atoms with E-state index in [-0.39, 0.29) is 0 Å². The lowest BCUT2D eigenvalue weighted by atomic mass is 10.1. The highest BCUT2D eigenvalue weighted by atomic mass is 79.9. The molecule has 2 heterocycles. The van der Waals surface area contributed by atoms with E-state index in [0.717, 1.165) is 43.4 Å². The van der Waals surface area contributed by atoms with Gasteiger partial charge in [0.15, 0.2) is 10.3 Å². The molecule has 0 radical (unpaired) electrons. The Balaban J connectivity index is 1.60. The summed E-state index contributed by atoms with van der Waals surface area (Å²) in [5, 5.41) is 2.22. The molecule has 3 nitrogen and oxygen atoms in total. The van der Waals surface area contributed by atoms with Crippen LogP contribution in [0.3, 0.4) is 0 Å². The van der Waals surface area contributed by atoms with Crippen molar-refractivity contribution >= 4 is 48.9 Å². The standard InChI is InChI=1S/C25H15BrN2O/c26-25-27-21-15-14-20-19-8-4-5-9-22(19)29-24(20)23(21)28(25)18-12-10-17(11-13-18)16-6-2-1-3-7-16/h1-15H. The molecule has 2 aromatic heterocycles. The van der Waals surface area contributed by atoms with E-state index >= 15 is 0 Å². The summed E-state index contributed by atoms with van der Waals surface area (Å²) in [5.41, 5.74) is 7.03. The summed E-state index contributed by atoms with van der Waals surface area (Å²) in [4.78, 5) is 4.71. The van der Waals surface area contributed by atoms with Crippen molar-refractivity contribution in [2.45, 2.75) is 0 Å². The summed E-state index contributed by atoms with van der Waals surface area (Å²) in [5.74, 6) is 0. The molecule has 0 bridgehead atoms. The first-order valence-corrected chi connectivity index (χ1v) is 10.2. The van der Waals surface area contributed by atoms with Gasteiger partial charge in [-0.05, 0) is 57.4 Å². The number of hydrogen-bond donors (Lipinski definition) is 0. The number of rotatable bonds is 2. The highest BCUT2D eigenvalue weighted by Crippen LogP contribution is 2.36. The first kappa shape index (κ1) is 16.6. The van der Waals surface area contributed by atoms with Crippen LogP contribution in [-0.4, -0.2) is 9.55 Å². The van der Waals surface area contributed by atoms with E-state index in [2.05, 4.69) is 87.2 Å². The van der Waals surface area contributed by atoms with Crippen molar-refractivity contribution in [2.75, 3.05) is 0 Å². The normalized spacial score (nSPS) is 11.6. The van der Waals surface area contributed by atoms with Gasteiger partial charge < -0.3 is 4.42 Å². The molecule has 0 N–H and O–H groups in total. The second-order valence-electron chi connectivity index (χ2n) is 7.04. The number of furan rings is 1. The third kappa shape index (κ3) is 2.53. The predicted molar refractivity (Wildman–Crippen MR) is 121 cm³/mol. The van der Waals surface area contributed by atoms with E-state index < -0.39 is 0 Å². The summed E-state index contributed by atoms with van der Waals surface area (Å²) in [6.07, 6.45) is 0. The predicted octanol–water partition coefficient (Wildman–Crippen LogP) is 7.35. The van der Waals surface area contributed by atoms with E-state index in [1.54, 1.807) is 0 Å². The number of aromatic nitrogens is 2. The Morgan fingerprint density at radius 2 is 1.41 bits per heavy atom. The molecule has 0 unspecified atom stereocenters. The third-order valence-corrected chi connectivity index (χ3v) is 5.88. The van der Waals surface area contributed by atoms with Crippen LogP contribution in [0.4, 0.5) is 0 Å². The van der Waals surface area contributed by atoms with E-state index in [1.165, 1.54) is 11.1 Å². The summed E-state index contributed by atoms with van der Waals surface area (Å²) >= 11 is 3.65. The third-order valence-electron chi connectivity index (χ3n) is 5.35. The molecular formula is C25H15BrN2O. The summed E-state index contributed by atoms with van der Waals surface area (Å²) < 4.78 is 9.12. The number of imidazole rings is 1. The number of benzene rings is 4. The molecule has 4 aromatic carbocycles. The number of fused-ring (bicyclic) bond motifs is 5. The molecule has 29 heavy (non-hydrogen) atoms. The van der Waals surface area contributed by atoms with Crippen LogP contribution >= 0.6 is 15.9 Å². The molecular weight excluding hydrogens is 424 g/mol. The number of nitrogens with zero attached hydrogens (tertiary/aromatic N) is 2. The molecule has 0 aliphatic heterocycles. The second-order valence-corrected chi connectivity index (χ2v) is 7.75. The van der Waals surface area contributed by atoms with Crippen molar-refractivity contribution < 1.29 is 4.42 Å². The Bertz CT molecular complexity index is 1500. The monoisotopic (exact) mass is 438 g/mol. The van der Waals surface area contributed by atoms with Gasteiger partial charge in [0.1, 0.15) is 11.1 Å². The van der Waals surface area contributed by atoms with Crippen LogP contribution in [0, 0.1) is 0 Å². The van der Waals surface area contributed by atoms with Crippen LogP contribution in [0.15, 0.2) is 100 Å². The maximum absolute atomic E-state index is 6.25. The highest BCUT2D eigenvalue weighted by molar-refractivity contribution is 9.10. The number of hydrogen-bond acceptors (Lipinski definition) is 2. The Labute approximate surface area is 175 Å². The molecule has 0 saturated carbocycles.